The Morgan fingerprint density at radius 2 is 2.04 bits per heavy atom. The van der Waals surface area contributed by atoms with Crippen LogP contribution in [0.2, 0.25) is 0 Å². The molecule has 1 unspecified atom stereocenters. The first kappa shape index (κ1) is 15.7. The third kappa shape index (κ3) is 3.15. The average Bonchev–Trinajstić information content (AvgIpc) is 2.92. The second-order valence-corrected chi connectivity index (χ2v) is 7.01. The minimum atomic E-state index is -0.458. The van der Waals surface area contributed by atoms with E-state index in [0.29, 0.717) is 22.0 Å². The number of carbonyl (C=O) groups excluding carboxylic acids is 2. The van der Waals surface area contributed by atoms with Crippen molar-refractivity contribution < 1.29 is 9.59 Å². The van der Waals surface area contributed by atoms with Crippen molar-refractivity contribution in [1.29, 1.82) is 0 Å². The number of anilines is 1. The van der Waals surface area contributed by atoms with Gasteiger partial charge in [-0.05, 0) is 42.9 Å². The molecule has 0 saturated carbocycles. The molecule has 0 spiro atoms. The topological polar surface area (TPSA) is 72.2 Å². The van der Waals surface area contributed by atoms with Gasteiger partial charge in [-0.15, -0.1) is 11.3 Å². The van der Waals surface area contributed by atoms with Crippen LogP contribution in [0.1, 0.15) is 50.9 Å². The molecule has 23 heavy (non-hydrogen) atoms. The third-order valence-electron chi connectivity index (χ3n) is 4.45. The number of nitrogens with two attached hydrogens (primary N) is 1. The van der Waals surface area contributed by atoms with Gasteiger partial charge in [0, 0.05) is 10.4 Å². The van der Waals surface area contributed by atoms with Crippen LogP contribution in [-0.2, 0) is 12.8 Å². The van der Waals surface area contributed by atoms with E-state index in [1.165, 1.54) is 16.2 Å². The summed E-state index contributed by atoms with van der Waals surface area (Å²) in [5, 5.41) is 3.47. The highest BCUT2D eigenvalue weighted by atomic mass is 32.1. The van der Waals surface area contributed by atoms with Gasteiger partial charge in [-0.3, -0.25) is 9.59 Å². The quantitative estimate of drug-likeness (QED) is 0.900. The van der Waals surface area contributed by atoms with Crippen molar-refractivity contribution in [3.8, 4) is 0 Å². The van der Waals surface area contributed by atoms with Crippen molar-refractivity contribution in [3.63, 3.8) is 0 Å². The molecule has 1 aromatic carbocycles. The van der Waals surface area contributed by atoms with E-state index >= 15 is 0 Å². The summed E-state index contributed by atoms with van der Waals surface area (Å²) in [4.78, 5) is 25.5. The van der Waals surface area contributed by atoms with Gasteiger partial charge >= 0.3 is 0 Å². The Kier molecular flexibility index (Phi) is 4.48. The molecule has 5 heteroatoms. The summed E-state index contributed by atoms with van der Waals surface area (Å²) in [6, 6.07) is 8.99. The molecule has 0 saturated heterocycles. The monoisotopic (exact) mass is 328 g/mol. The summed E-state index contributed by atoms with van der Waals surface area (Å²) in [5.41, 5.74) is 7.69. The maximum absolute atomic E-state index is 12.4. The molecule has 1 atom stereocenters. The normalized spacial score (nSPS) is 16.7. The van der Waals surface area contributed by atoms with Gasteiger partial charge < -0.3 is 11.1 Å². The van der Waals surface area contributed by atoms with Crippen LogP contribution in [0.15, 0.2) is 30.3 Å². The largest absolute Gasteiger partial charge is 0.365 e. The molecule has 0 bridgehead atoms. The number of primary amides is 1. The zero-order valence-electron chi connectivity index (χ0n) is 13.1. The van der Waals surface area contributed by atoms with Gasteiger partial charge in [0.1, 0.15) is 5.00 Å². The van der Waals surface area contributed by atoms with E-state index in [4.69, 9.17) is 5.73 Å². The number of rotatable bonds is 4. The van der Waals surface area contributed by atoms with E-state index in [2.05, 4.69) is 12.2 Å². The fourth-order valence-electron chi connectivity index (χ4n) is 3.12. The molecular weight excluding hydrogens is 308 g/mol. The predicted molar refractivity (Wildman–Crippen MR) is 93.0 cm³/mol. The lowest BCUT2D eigenvalue weighted by molar-refractivity contribution is 0.1000. The maximum Gasteiger partial charge on any atom is 0.256 e. The minimum Gasteiger partial charge on any atom is -0.365 e. The van der Waals surface area contributed by atoms with Crippen molar-refractivity contribution in [1.82, 2.24) is 0 Å². The zero-order chi connectivity index (χ0) is 16.4. The third-order valence-corrected chi connectivity index (χ3v) is 5.62. The molecule has 1 aliphatic carbocycles. The van der Waals surface area contributed by atoms with Crippen LogP contribution in [0, 0.1) is 5.92 Å². The standard InChI is InChI=1S/C18H20N2O2S/c1-2-11-8-9-13-14(10-11)23-18(15(13)16(19)21)20-17(22)12-6-4-3-5-7-12/h3-7,11H,2,8-10H2,1H3,(H2,19,21)(H,20,22). The van der Waals surface area contributed by atoms with Crippen LogP contribution < -0.4 is 11.1 Å². The van der Waals surface area contributed by atoms with Crippen LogP contribution in [0.4, 0.5) is 5.00 Å². The van der Waals surface area contributed by atoms with E-state index in [0.717, 1.165) is 31.2 Å². The summed E-state index contributed by atoms with van der Waals surface area (Å²) in [7, 11) is 0. The van der Waals surface area contributed by atoms with E-state index < -0.39 is 5.91 Å². The van der Waals surface area contributed by atoms with Crippen molar-refractivity contribution in [3.05, 3.63) is 51.9 Å². The van der Waals surface area contributed by atoms with E-state index in [1.54, 1.807) is 12.1 Å². The molecule has 120 valence electrons. The fraction of sp³-hybridized carbons (Fsp3) is 0.333. The molecule has 0 fully saturated rings. The number of hydrogen-bond donors (Lipinski definition) is 2. The van der Waals surface area contributed by atoms with Gasteiger partial charge in [0.05, 0.1) is 5.56 Å². The lowest BCUT2D eigenvalue weighted by Gasteiger charge is -2.20. The second kappa shape index (κ2) is 6.54. The Labute approximate surface area is 139 Å². The van der Waals surface area contributed by atoms with E-state index in [-0.39, 0.29) is 5.91 Å². The maximum atomic E-state index is 12.4. The summed E-state index contributed by atoms with van der Waals surface area (Å²) in [6.45, 7) is 2.19. The number of hydrogen-bond acceptors (Lipinski definition) is 3. The van der Waals surface area contributed by atoms with Crippen molar-refractivity contribution in [2.24, 2.45) is 11.7 Å². The number of carbonyl (C=O) groups is 2. The molecule has 1 heterocycles. The van der Waals surface area contributed by atoms with Crippen molar-refractivity contribution in [2.45, 2.75) is 32.6 Å². The van der Waals surface area contributed by atoms with Crippen LogP contribution in [0.5, 0.6) is 0 Å². The van der Waals surface area contributed by atoms with Gasteiger partial charge in [-0.25, -0.2) is 0 Å². The van der Waals surface area contributed by atoms with E-state index in [9.17, 15) is 9.59 Å². The van der Waals surface area contributed by atoms with Gasteiger partial charge in [0.25, 0.3) is 11.8 Å². The second-order valence-electron chi connectivity index (χ2n) is 5.91. The van der Waals surface area contributed by atoms with Crippen molar-refractivity contribution >= 4 is 28.2 Å². The molecule has 0 radical (unpaired) electrons. The first-order valence-electron chi connectivity index (χ1n) is 7.90. The average molecular weight is 328 g/mol. The number of fused-ring (bicyclic) bond motifs is 1. The molecular formula is C18H20N2O2S. The first-order valence-corrected chi connectivity index (χ1v) is 8.72. The molecule has 1 aromatic heterocycles. The molecule has 2 amide bonds. The first-order chi connectivity index (χ1) is 11.1. The Morgan fingerprint density at radius 3 is 2.70 bits per heavy atom. The molecule has 3 N–H and O–H groups in total. The summed E-state index contributed by atoms with van der Waals surface area (Å²) < 4.78 is 0. The Hall–Kier alpha value is -2.14. The van der Waals surface area contributed by atoms with Crippen LogP contribution in [0.3, 0.4) is 0 Å². The van der Waals surface area contributed by atoms with Crippen LogP contribution in [-0.4, -0.2) is 11.8 Å². The summed E-state index contributed by atoms with van der Waals surface area (Å²) in [6.07, 6.45) is 4.04. The molecule has 0 aliphatic heterocycles. The predicted octanol–water partition coefficient (Wildman–Crippen LogP) is 3.61. The smallest absolute Gasteiger partial charge is 0.256 e. The number of benzene rings is 1. The lowest BCUT2D eigenvalue weighted by Crippen LogP contribution is -2.19. The Balaban J connectivity index is 1.92. The van der Waals surface area contributed by atoms with Gasteiger partial charge in [-0.2, -0.15) is 0 Å². The SMILES string of the molecule is CCC1CCc2c(sc(NC(=O)c3ccccc3)c2C(N)=O)C1. The lowest BCUT2D eigenvalue weighted by atomic mass is 9.85. The highest BCUT2D eigenvalue weighted by molar-refractivity contribution is 7.17. The van der Waals surface area contributed by atoms with Gasteiger partial charge in [0.15, 0.2) is 0 Å². The highest BCUT2D eigenvalue weighted by Crippen LogP contribution is 2.40. The Bertz CT molecular complexity index is 737. The van der Waals surface area contributed by atoms with Crippen molar-refractivity contribution in [2.75, 3.05) is 5.32 Å². The molecule has 4 nitrogen and oxygen atoms in total. The van der Waals surface area contributed by atoms with Crippen LogP contribution in [0.25, 0.3) is 0 Å². The Morgan fingerprint density at radius 1 is 1.30 bits per heavy atom. The number of thiophene rings is 1. The van der Waals surface area contributed by atoms with Crippen LogP contribution >= 0.6 is 11.3 Å². The molecule has 2 aromatic rings. The number of amides is 2. The van der Waals surface area contributed by atoms with Gasteiger partial charge in [-0.1, -0.05) is 31.5 Å². The number of nitrogens with one attached hydrogen (secondary N) is 1. The minimum absolute atomic E-state index is 0.210. The molecule has 1 aliphatic rings. The molecule has 3 rings (SSSR count). The fourth-order valence-corrected chi connectivity index (χ4v) is 4.48. The summed E-state index contributed by atoms with van der Waals surface area (Å²) in [5.74, 6) is -0.0147. The highest BCUT2D eigenvalue weighted by Gasteiger charge is 2.28. The van der Waals surface area contributed by atoms with Gasteiger partial charge in [0.2, 0.25) is 0 Å². The van der Waals surface area contributed by atoms with E-state index in [1.807, 2.05) is 18.2 Å². The summed E-state index contributed by atoms with van der Waals surface area (Å²) >= 11 is 1.50. The zero-order valence-corrected chi connectivity index (χ0v) is 13.9.